The van der Waals surface area contributed by atoms with Crippen LogP contribution in [0, 0.1) is 6.92 Å². The minimum Gasteiger partial charge on any atom is -0.497 e. The average molecular weight is 230 g/mol. The maximum absolute atomic E-state index is 5.98. The Morgan fingerprint density at radius 1 is 1.24 bits per heavy atom. The van der Waals surface area contributed by atoms with E-state index in [0.717, 1.165) is 27.8 Å². The molecule has 0 unspecified atom stereocenters. The standard InChI is InChI=1S/C14H18N2O/c1-8(2)12-7-10-6-11(17-4)5-9(3)13(10)16-14(12)15/h5-8H,1-4H3,(H2,15,16). The smallest absolute Gasteiger partial charge is 0.127 e. The van der Waals surface area contributed by atoms with Crippen LogP contribution in [0.3, 0.4) is 0 Å². The highest BCUT2D eigenvalue weighted by molar-refractivity contribution is 5.85. The van der Waals surface area contributed by atoms with Gasteiger partial charge < -0.3 is 10.5 Å². The molecular formula is C14H18N2O. The summed E-state index contributed by atoms with van der Waals surface area (Å²) < 4.78 is 5.27. The van der Waals surface area contributed by atoms with E-state index in [0.29, 0.717) is 11.7 Å². The van der Waals surface area contributed by atoms with Gasteiger partial charge in [0.15, 0.2) is 0 Å². The van der Waals surface area contributed by atoms with Crippen LogP contribution in [0.2, 0.25) is 0 Å². The molecule has 1 aromatic carbocycles. The monoisotopic (exact) mass is 230 g/mol. The van der Waals surface area contributed by atoms with Crippen LogP contribution >= 0.6 is 0 Å². The Labute approximate surface area is 102 Å². The molecule has 0 aliphatic carbocycles. The molecule has 0 fully saturated rings. The van der Waals surface area contributed by atoms with Crippen LogP contribution in [0.15, 0.2) is 18.2 Å². The van der Waals surface area contributed by atoms with Crippen LogP contribution in [0.4, 0.5) is 5.82 Å². The Morgan fingerprint density at radius 2 is 1.94 bits per heavy atom. The van der Waals surface area contributed by atoms with Crippen molar-refractivity contribution in [2.75, 3.05) is 12.8 Å². The molecule has 0 bridgehead atoms. The maximum atomic E-state index is 5.98. The number of nitrogen functional groups attached to an aromatic ring is 1. The number of fused-ring (bicyclic) bond motifs is 1. The first-order valence-electron chi connectivity index (χ1n) is 5.77. The summed E-state index contributed by atoms with van der Waals surface area (Å²) in [5.41, 5.74) is 9.11. The lowest BCUT2D eigenvalue weighted by Gasteiger charge is -2.12. The number of ether oxygens (including phenoxy) is 1. The summed E-state index contributed by atoms with van der Waals surface area (Å²) in [6.07, 6.45) is 0. The highest BCUT2D eigenvalue weighted by Gasteiger charge is 2.10. The molecule has 1 aromatic heterocycles. The van der Waals surface area contributed by atoms with Crippen molar-refractivity contribution in [1.29, 1.82) is 0 Å². The number of aromatic nitrogens is 1. The molecule has 2 aromatic rings. The van der Waals surface area contributed by atoms with Gasteiger partial charge in [0.2, 0.25) is 0 Å². The molecule has 0 aliphatic heterocycles. The zero-order chi connectivity index (χ0) is 12.6. The fraction of sp³-hybridized carbons (Fsp3) is 0.357. The molecule has 17 heavy (non-hydrogen) atoms. The largest absolute Gasteiger partial charge is 0.497 e. The van der Waals surface area contributed by atoms with E-state index < -0.39 is 0 Å². The molecule has 0 saturated carbocycles. The Morgan fingerprint density at radius 3 is 2.53 bits per heavy atom. The zero-order valence-electron chi connectivity index (χ0n) is 10.7. The second-order valence-electron chi connectivity index (χ2n) is 4.63. The lowest BCUT2D eigenvalue weighted by molar-refractivity contribution is 0.415. The van der Waals surface area contributed by atoms with Crippen molar-refractivity contribution in [3.63, 3.8) is 0 Å². The first kappa shape index (κ1) is 11.7. The Bertz CT molecular complexity index is 562. The van der Waals surface area contributed by atoms with Gasteiger partial charge in [-0.2, -0.15) is 0 Å². The molecule has 0 atom stereocenters. The van der Waals surface area contributed by atoms with Crippen molar-refractivity contribution in [2.45, 2.75) is 26.7 Å². The summed E-state index contributed by atoms with van der Waals surface area (Å²) in [4.78, 5) is 4.49. The van der Waals surface area contributed by atoms with Gasteiger partial charge >= 0.3 is 0 Å². The second kappa shape index (κ2) is 4.24. The summed E-state index contributed by atoms with van der Waals surface area (Å²) in [6, 6.07) is 6.09. The van der Waals surface area contributed by atoms with Crippen molar-refractivity contribution >= 4 is 16.7 Å². The normalized spacial score (nSPS) is 11.1. The maximum Gasteiger partial charge on any atom is 0.127 e. The van der Waals surface area contributed by atoms with Gasteiger partial charge in [0.1, 0.15) is 11.6 Å². The van der Waals surface area contributed by atoms with Crippen LogP contribution in [-0.2, 0) is 0 Å². The van der Waals surface area contributed by atoms with Crippen molar-refractivity contribution in [3.05, 3.63) is 29.3 Å². The molecule has 1 heterocycles. The molecule has 0 saturated heterocycles. The third-order valence-corrected chi connectivity index (χ3v) is 3.00. The minimum atomic E-state index is 0.374. The SMILES string of the molecule is COc1cc(C)c2nc(N)c(C(C)C)cc2c1. The second-order valence-corrected chi connectivity index (χ2v) is 4.63. The third kappa shape index (κ3) is 2.05. The number of anilines is 1. The fourth-order valence-electron chi connectivity index (χ4n) is 2.04. The van der Waals surface area contributed by atoms with Crippen LogP contribution in [0.5, 0.6) is 5.75 Å². The topological polar surface area (TPSA) is 48.1 Å². The number of hydrogen-bond donors (Lipinski definition) is 1. The number of aryl methyl sites for hydroxylation is 1. The summed E-state index contributed by atoms with van der Waals surface area (Å²) in [5, 5.41) is 1.08. The van der Waals surface area contributed by atoms with E-state index in [-0.39, 0.29) is 0 Å². The van der Waals surface area contributed by atoms with E-state index in [4.69, 9.17) is 10.5 Å². The summed E-state index contributed by atoms with van der Waals surface area (Å²) in [5.74, 6) is 1.86. The Balaban J connectivity index is 2.74. The third-order valence-electron chi connectivity index (χ3n) is 3.00. The van der Waals surface area contributed by atoms with Gasteiger partial charge in [-0.3, -0.25) is 0 Å². The molecular weight excluding hydrogens is 212 g/mol. The molecule has 2 N–H and O–H groups in total. The Hall–Kier alpha value is -1.77. The molecule has 0 aliphatic rings. The molecule has 2 rings (SSSR count). The van der Waals surface area contributed by atoms with Crippen molar-refractivity contribution in [2.24, 2.45) is 0 Å². The lowest BCUT2D eigenvalue weighted by atomic mass is 10.0. The minimum absolute atomic E-state index is 0.374. The fourth-order valence-corrected chi connectivity index (χ4v) is 2.04. The van der Waals surface area contributed by atoms with E-state index in [9.17, 15) is 0 Å². The number of nitrogens with zero attached hydrogens (tertiary/aromatic N) is 1. The number of benzene rings is 1. The lowest BCUT2D eigenvalue weighted by Crippen LogP contribution is -2.01. The zero-order valence-corrected chi connectivity index (χ0v) is 10.7. The first-order chi connectivity index (χ1) is 8.02. The van der Waals surface area contributed by atoms with E-state index in [1.54, 1.807) is 7.11 Å². The number of pyridine rings is 1. The highest BCUT2D eigenvalue weighted by atomic mass is 16.5. The van der Waals surface area contributed by atoms with Gasteiger partial charge in [-0.25, -0.2) is 4.98 Å². The van der Waals surface area contributed by atoms with Crippen LogP contribution < -0.4 is 10.5 Å². The van der Waals surface area contributed by atoms with Crippen molar-refractivity contribution in [3.8, 4) is 5.75 Å². The molecule has 3 nitrogen and oxygen atoms in total. The summed E-state index contributed by atoms with van der Waals surface area (Å²) in [6.45, 7) is 6.25. The number of methoxy groups -OCH3 is 1. The van der Waals surface area contributed by atoms with Gasteiger partial charge in [0.25, 0.3) is 0 Å². The number of nitrogens with two attached hydrogens (primary N) is 1. The molecule has 0 amide bonds. The predicted molar refractivity (Wildman–Crippen MR) is 71.5 cm³/mol. The number of hydrogen-bond acceptors (Lipinski definition) is 3. The summed E-state index contributed by atoms with van der Waals surface area (Å²) >= 11 is 0. The van der Waals surface area contributed by atoms with Crippen molar-refractivity contribution < 1.29 is 4.74 Å². The van der Waals surface area contributed by atoms with E-state index in [1.165, 1.54) is 0 Å². The van der Waals surface area contributed by atoms with E-state index in [2.05, 4.69) is 24.9 Å². The molecule has 3 heteroatoms. The summed E-state index contributed by atoms with van der Waals surface area (Å²) in [7, 11) is 1.68. The van der Waals surface area contributed by atoms with Crippen LogP contribution in [0.25, 0.3) is 10.9 Å². The quantitative estimate of drug-likeness (QED) is 0.861. The van der Waals surface area contributed by atoms with Crippen molar-refractivity contribution in [1.82, 2.24) is 4.98 Å². The van der Waals surface area contributed by atoms with E-state index >= 15 is 0 Å². The number of rotatable bonds is 2. The van der Waals surface area contributed by atoms with Gasteiger partial charge in [0.05, 0.1) is 12.6 Å². The molecule has 0 radical (unpaired) electrons. The van der Waals surface area contributed by atoms with Crippen LogP contribution in [0.1, 0.15) is 30.9 Å². The highest BCUT2D eigenvalue weighted by Crippen LogP contribution is 2.29. The Kier molecular flexibility index (Phi) is 2.92. The van der Waals surface area contributed by atoms with Gasteiger partial charge in [0, 0.05) is 5.39 Å². The van der Waals surface area contributed by atoms with Gasteiger partial charge in [-0.05, 0) is 42.2 Å². The van der Waals surface area contributed by atoms with Gasteiger partial charge in [-0.1, -0.05) is 13.8 Å². The van der Waals surface area contributed by atoms with Gasteiger partial charge in [-0.15, -0.1) is 0 Å². The predicted octanol–water partition coefficient (Wildman–Crippen LogP) is 3.26. The average Bonchev–Trinajstić information content (AvgIpc) is 2.28. The van der Waals surface area contributed by atoms with Crippen LogP contribution in [-0.4, -0.2) is 12.1 Å². The molecule has 90 valence electrons. The molecule has 0 spiro atoms. The van der Waals surface area contributed by atoms with E-state index in [1.807, 2.05) is 19.1 Å². The first-order valence-corrected chi connectivity index (χ1v) is 5.77.